The maximum Gasteiger partial charge on any atom is 0.418 e. The van der Waals surface area contributed by atoms with Crippen molar-refractivity contribution in [2.24, 2.45) is 0 Å². The van der Waals surface area contributed by atoms with E-state index in [-0.39, 0.29) is 6.07 Å². The molecule has 0 aliphatic heterocycles. The first-order chi connectivity index (χ1) is 11.1. The number of nitrogens with one attached hydrogen (secondary N) is 1. The lowest BCUT2D eigenvalue weighted by atomic mass is 10.1. The lowest BCUT2D eigenvalue weighted by Gasteiger charge is -2.15. The van der Waals surface area contributed by atoms with Crippen molar-refractivity contribution in [3.63, 3.8) is 0 Å². The molecule has 7 nitrogen and oxygen atoms in total. The minimum atomic E-state index is -5.13. The van der Waals surface area contributed by atoms with Crippen LogP contribution in [0.5, 0.6) is 0 Å². The van der Waals surface area contributed by atoms with Gasteiger partial charge in [-0.2, -0.15) is 13.2 Å². The summed E-state index contributed by atoms with van der Waals surface area (Å²) in [7, 11) is 0. The Morgan fingerprint density at radius 3 is 2.12 bits per heavy atom. The van der Waals surface area contributed by atoms with Crippen molar-refractivity contribution >= 4 is 22.7 Å². The van der Waals surface area contributed by atoms with Crippen LogP contribution in [0.15, 0.2) is 36.4 Å². The van der Waals surface area contributed by atoms with E-state index in [1.807, 2.05) is 5.32 Å². The lowest BCUT2D eigenvalue weighted by molar-refractivity contribution is -0.394. The summed E-state index contributed by atoms with van der Waals surface area (Å²) in [4.78, 5) is 19.3. The van der Waals surface area contributed by atoms with Gasteiger partial charge in [0.25, 0.3) is 11.4 Å². The highest BCUT2D eigenvalue weighted by atomic mass is 19.4. The van der Waals surface area contributed by atoms with Gasteiger partial charge in [-0.05, 0) is 12.1 Å². The molecule has 0 fully saturated rings. The van der Waals surface area contributed by atoms with E-state index in [1.165, 1.54) is 12.1 Å². The molecule has 2 aromatic rings. The van der Waals surface area contributed by atoms with Crippen LogP contribution in [0.1, 0.15) is 5.56 Å². The Morgan fingerprint density at radius 2 is 1.62 bits per heavy atom. The molecule has 0 bridgehead atoms. The minimum Gasteiger partial charge on any atom is -0.347 e. The van der Waals surface area contributed by atoms with Crippen molar-refractivity contribution < 1.29 is 27.4 Å². The second kappa shape index (κ2) is 6.10. The topological polar surface area (TPSA) is 98.3 Å². The van der Waals surface area contributed by atoms with E-state index in [1.54, 1.807) is 0 Å². The lowest BCUT2D eigenvalue weighted by Crippen LogP contribution is -2.12. The highest BCUT2D eigenvalue weighted by molar-refractivity contribution is 5.76. The molecule has 0 amide bonds. The van der Waals surface area contributed by atoms with Gasteiger partial charge in [-0.3, -0.25) is 20.2 Å². The van der Waals surface area contributed by atoms with Crippen LogP contribution in [0, 0.1) is 26.0 Å². The van der Waals surface area contributed by atoms with Gasteiger partial charge in [0, 0.05) is 6.07 Å². The quantitative estimate of drug-likeness (QED) is 0.503. The Balaban J connectivity index is 2.74. The van der Waals surface area contributed by atoms with Gasteiger partial charge in [-0.25, -0.2) is 4.39 Å². The molecule has 2 aromatic carbocycles. The van der Waals surface area contributed by atoms with E-state index < -0.39 is 50.2 Å². The zero-order chi connectivity index (χ0) is 18.1. The Hall–Kier alpha value is -3.24. The summed E-state index contributed by atoms with van der Waals surface area (Å²) in [6.07, 6.45) is -5.13. The number of para-hydroxylation sites is 1. The van der Waals surface area contributed by atoms with Gasteiger partial charge in [0.2, 0.25) is 0 Å². The number of non-ortho nitro benzene ring substituents is 1. The molecule has 126 valence electrons. The highest BCUT2D eigenvalue weighted by Gasteiger charge is 2.39. The molecule has 11 heteroatoms. The van der Waals surface area contributed by atoms with E-state index in [0.717, 1.165) is 12.1 Å². The van der Waals surface area contributed by atoms with Crippen molar-refractivity contribution in [1.82, 2.24) is 0 Å². The number of halogens is 4. The van der Waals surface area contributed by atoms with E-state index in [2.05, 4.69) is 0 Å². The summed E-state index contributed by atoms with van der Waals surface area (Å²) < 4.78 is 53.1. The molecule has 0 aliphatic rings. The molecule has 2 rings (SSSR count). The highest BCUT2D eigenvalue weighted by Crippen LogP contribution is 2.43. The Morgan fingerprint density at radius 1 is 1.00 bits per heavy atom. The van der Waals surface area contributed by atoms with Crippen LogP contribution in [0.25, 0.3) is 0 Å². The summed E-state index contributed by atoms with van der Waals surface area (Å²) in [5, 5.41) is 23.8. The molecule has 0 saturated carbocycles. The normalized spacial score (nSPS) is 11.2. The molecule has 0 aliphatic carbocycles. The first kappa shape index (κ1) is 17.1. The molecule has 0 aromatic heterocycles. The third-order valence-electron chi connectivity index (χ3n) is 2.95. The van der Waals surface area contributed by atoms with Crippen LogP contribution < -0.4 is 5.32 Å². The summed E-state index contributed by atoms with van der Waals surface area (Å²) in [6, 6.07) is 5.10. The molecule has 24 heavy (non-hydrogen) atoms. The number of nitro benzene ring substituents is 2. The molecule has 0 spiro atoms. The molecule has 0 atom stereocenters. The van der Waals surface area contributed by atoms with Crippen molar-refractivity contribution in [3.05, 3.63) is 68.0 Å². The van der Waals surface area contributed by atoms with Crippen LogP contribution in [0.3, 0.4) is 0 Å². The van der Waals surface area contributed by atoms with Crippen molar-refractivity contribution in [3.8, 4) is 0 Å². The predicted molar refractivity (Wildman–Crippen MR) is 74.4 cm³/mol. The van der Waals surface area contributed by atoms with Crippen molar-refractivity contribution in [2.45, 2.75) is 6.18 Å². The molecule has 0 heterocycles. The maximum atomic E-state index is 13.6. The van der Waals surface area contributed by atoms with Crippen LogP contribution >= 0.6 is 0 Å². The maximum absolute atomic E-state index is 13.6. The van der Waals surface area contributed by atoms with E-state index >= 15 is 0 Å². The van der Waals surface area contributed by atoms with Gasteiger partial charge in [0.1, 0.15) is 11.5 Å². The van der Waals surface area contributed by atoms with Crippen LogP contribution in [0.4, 0.5) is 40.3 Å². The average Bonchev–Trinajstić information content (AvgIpc) is 2.48. The number of benzene rings is 2. The predicted octanol–water partition coefficient (Wildman–Crippen LogP) is 4.40. The number of anilines is 2. The first-order valence-corrected chi connectivity index (χ1v) is 6.17. The number of hydrogen-bond donors (Lipinski definition) is 1. The van der Waals surface area contributed by atoms with Gasteiger partial charge in [0.15, 0.2) is 0 Å². The molecular weight excluding hydrogens is 338 g/mol. The Labute approximate surface area is 130 Å². The summed E-state index contributed by atoms with van der Waals surface area (Å²) in [6.45, 7) is 0. The van der Waals surface area contributed by atoms with Gasteiger partial charge < -0.3 is 5.32 Å². The number of hydrogen-bond acceptors (Lipinski definition) is 5. The van der Waals surface area contributed by atoms with Gasteiger partial charge in [-0.15, -0.1) is 0 Å². The molecule has 1 N–H and O–H groups in total. The number of nitro groups is 2. The number of nitrogens with zero attached hydrogens (tertiary/aromatic N) is 2. The van der Waals surface area contributed by atoms with E-state index in [9.17, 15) is 37.8 Å². The standard InChI is InChI=1S/C13H7F4N3O4/c14-9-3-1-2-4-10(9)18-12-8(13(15,16)17)5-7(19(21)22)6-11(12)20(23)24/h1-6,18H. The molecule has 0 unspecified atom stereocenters. The zero-order valence-corrected chi connectivity index (χ0v) is 11.5. The summed E-state index contributed by atoms with van der Waals surface area (Å²) in [5.41, 5.74) is -5.47. The second-order valence-electron chi connectivity index (χ2n) is 4.50. The van der Waals surface area contributed by atoms with Gasteiger partial charge in [0.05, 0.1) is 27.2 Å². The first-order valence-electron chi connectivity index (χ1n) is 6.17. The molecular formula is C13H7F4N3O4. The van der Waals surface area contributed by atoms with Crippen LogP contribution in [-0.4, -0.2) is 9.85 Å². The van der Waals surface area contributed by atoms with E-state index in [4.69, 9.17) is 0 Å². The van der Waals surface area contributed by atoms with Crippen LogP contribution in [0.2, 0.25) is 0 Å². The monoisotopic (exact) mass is 345 g/mol. The summed E-state index contributed by atoms with van der Waals surface area (Å²) >= 11 is 0. The van der Waals surface area contributed by atoms with Gasteiger partial charge in [-0.1, -0.05) is 12.1 Å². The molecule has 0 saturated heterocycles. The van der Waals surface area contributed by atoms with E-state index in [0.29, 0.717) is 6.07 Å². The SMILES string of the molecule is O=[N+]([O-])c1cc([N+](=O)[O-])c(Nc2ccccc2F)c(C(F)(F)F)c1. The van der Waals surface area contributed by atoms with Crippen LogP contribution in [-0.2, 0) is 6.18 Å². The minimum absolute atomic E-state index is 0.149. The Bertz CT molecular complexity index is 823. The number of alkyl halides is 3. The van der Waals surface area contributed by atoms with Crippen molar-refractivity contribution in [1.29, 1.82) is 0 Å². The second-order valence-corrected chi connectivity index (χ2v) is 4.50. The molecule has 0 radical (unpaired) electrons. The largest absolute Gasteiger partial charge is 0.418 e. The smallest absolute Gasteiger partial charge is 0.347 e. The fourth-order valence-electron chi connectivity index (χ4n) is 1.91. The third-order valence-corrected chi connectivity index (χ3v) is 2.95. The Kier molecular flexibility index (Phi) is 4.35. The fourth-order valence-corrected chi connectivity index (χ4v) is 1.91. The summed E-state index contributed by atoms with van der Waals surface area (Å²) in [5.74, 6) is -0.946. The van der Waals surface area contributed by atoms with Crippen molar-refractivity contribution in [2.75, 3.05) is 5.32 Å². The zero-order valence-electron chi connectivity index (χ0n) is 11.5. The average molecular weight is 345 g/mol. The third kappa shape index (κ3) is 3.39. The van der Waals surface area contributed by atoms with Gasteiger partial charge >= 0.3 is 6.18 Å². The fraction of sp³-hybridized carbons (Fsp3) is 0.0769. The number of rotatable bonds is 4.